The minimum Gasteiger partial charge on any atom is -1.00 e. The van der Waals surface area contributed by atoms with Crippen LogP contribution in [0.1, 0.15) is 53.4 Å². The number of rotatable bonds is 6. The number of hydrogen-bond donors (Lipinski definition) is 2. The number of nitrogens with one attached hydrogen (secondary N) is 2. The molecule has 4 nitrogen and oxygen atoms in total. The predicted octanol–water partition coefficient (Wildman–Crippen LogP) is -4.15. The molecule has 0 bridgehead atoms. The Balaban J connectivity index is -0.0000000594. The Morgan fingerprint density at radius 2 is 1.00 bits per heavy atom. The molecule has 114 valence electrons. The Labute approximate surface area is 134 Å². The summed E-state index contributed by atoms with van der Waals surface area (Å²) in [6.07, 6.45) is 3.19. The second-order valence-corrected chi connectivity index (χ2v) is 3.41. The van der Waals surface area contributed by atoms with Gasteiger partial charge >= 0.3 is 26.2 Å². The molecular weight excluding hydrogens is 333 g/mol. The normalized spacial score (nSPS) is 7.37. The van der Waals surface area contributed by atoms with Crippen molar-refractivity contribution in [2.45, 2.75) is 53.4 Å². The topological polar surface area (TPSA) is 58.2 Å². The molecule has 0 aliphatic heterocycles. The molecule has 0 unspecified atom stereocenters. The smallest absolute Gasteiger partial charge is 1.00 e. The van der Waals surface area contributed by atoms with E-state index >= 15 is 0 Å². The van der Waals surface area contributed by atoms with Crippen LogP contribution in [0.5, 0.6) is 0 Å². The molecule has 0 aliphatic rings. The Morgan fingerprint density at radius 1 is 0.737 bits per heavy atom. The van der Waals surface area contributed by atoms with Gasteiger partial charge in [-0.3, -0.25) is 9.59 Å². The van der Waals surface area contributed by atoms with E-state index in [2.05, 4.69) is 10.6 Å². The maximum absolute atomic E-state index is 10.5. The van der Waals surface area contributed by atoms with Crippen molar-refractivity contribution in [3.63, 3.8) is 0 Å². The molecule has 0 atom stereocenters. The standard InChI is InChI=1S/2C6H13NO.2FH.Zr/c2*1-3-5-6(8)7-4-2;;;/h2*3-5H2,1-2H3,(H,7,8);2*1H;/q;;;;+2/p-2. The fourth-order valence-corrected chi connectivity index (χ4v) is 1.03. The number of amides is 2. The van der Waals surface area contributed by atoms with Gasteiger partial charge in [-0.2, -0.15) is 0 Å². The van der Waals surface area contributed by atoms with Crippen LogP contribution in [0.25, 0.3) is 0 Å². The van der Waals surface area contributed by atoms with Crippen LogP contribution < -0.4 is 20.0 Å². The van der Waals surface area contributed by atoms with Crippen molar-refractivity contribution in [3.8, 4) is 0 Å². The van der Waals surface area contributed by atoms with E-state index in [0.29, 0.717) is 12.8 Å². The molecule has 0 aromatic carbocycles. The van der Waals surface area contributed by atoms with Crippen LogP contribution >= 0.6 is 0 Å². The van der Waals surface area contributed by atoms with E-state index in [4.69, 9.17) is 0 Å². The molecule has 0 radical (unpaired) electrons. The third kappa shape index (κ3) is 31.9. The minimum absolute atomic E-state index is 0. The molecular formula is C12H26F2N2O2Zr. The maximum Gasteiger partial charge on any atom is 2.00 e. The van der Waals surface area contributed by atoms with Crippen molar-refractivity contribution in [1.82, 2.24) is 10.6 Å². The van der Waals surface area contributed by atoms with Crippen LogP contribution in [0.3, 0.4) is 0 Å². The van der Waals surface area contributed by atoms with Crippen LogP contribution in [0.15, 0.2) is 0 Å². The van der Waals surface area contributed by atoms with E-state index < -0.39 is 0 Å². The number of carbonyl (C=O) groups excluding carboxylic acids is 2. The molecule has 0 saturated carbocycles. The van der Waals surface area contributed by atoms with Gasteiger partial charge in [0.2, 0.25) is 11.8 Å². The average molecular weight is 360 g/mol. The Hall–Kier alpha value is -0.317. The van der Waals surface area contributed by atoms with Gasteiger partial charge in [0.15, 0.2) is 0 Å². The van der Waals surface area contributed by atoms with Gasteiger partial charge in [0.05, 0.1) is 0 Å². The van der Waals surface area contributed by atoms with Gasteiger partial charge < -0.3 is 20.0 Å². The summed E-state index contributed by atoms with van der Waals surface area (Å²) >= 11 is 0. The zero-order valence-electron chi connectivity index (χ0n) is 12.3. The zero-order chi connectivity index (χ0) is 12.8. The minimum atomic E-state index is 0. The number of hydrogen-bond acceptors (Lipinski definition) is 2. The zero-order valence-corrected chi connectivity index (χ0v) is 14.8. The Bertz CT molecular complexity index is 161. The van der Waals surface area contributed by atoms with Crippen LogP contribution in [-0.4, -0.2) is 24.9 Å². The van der Waals surface area contributed by atoms with Crippen molar-refractivity contribution in [2.75, 3.05) is 13.1 Å². The summed E-state index contributed by atoms with van der Waals surface area (Å²) in [4.78, 5) is 21.1. The van der Waals surface area contributed by atoms with E-state index in [9.17, 15) is 9.59 Å². The summed E-state index contributed by atoms with van der Waals surface area (Å²) in [5.74, 6) is 0.324. The molecule has 0 aromatic rings. The van der Waals surface area contributed by atoms with Crippen LogP contribution in [0, 0.1) is 0 Å². The van der Waals surface area contributed by atoms with Crippen molar-refractivity contribution < 1.29 is 45.2 Å². The van der Waals surface area contributed by atoms with E-state index in [1.165, 1.54) is 0 Å². The van der Waals surface area contributed by atoms with Crippen LogP contribution in [0.2, 0.25) is 0 Å². The van der Waals surface area contributed by atoms with Gasteiger partial charge in [-0.15, -0.1) is 0 Å². The van der Waals surface area contributed by atoms with Gasteiger partial charge in [0, 0.05) is 25.9 Å². The third-order valence-electron chi connectivity index (χ3n) is 1.70. The predicted molar refractivity (Wildman–Crippen MR) is 67.2 cm³/mol. The molecule has 2 amide bonds. The van der Waals surface area contributed by atoms with Gasteiger partial charge in [0.1, 0.15) is 0 Å². The molecule has 0 aromatic heterocycles. The number of halogens is 2. The molecule has 7 heteroatoms. The quantitative estimate of drug-likeness (QED) is 0.506. The summed E-state index contributed by atoms with van der Waals surface area (Å²) in [5, 5.41) is 5.42. The molecule has 0 heterocycles. The molecule has 19 heavy (non-hydrogen) atoms. The largest absolute Gasteiger partial charge is 2.00 e. The van der Waals surface area contributed by atoms with Gasteiger partial charge in [0.25, 0.3) is 0 Å². The van der Waals surface area contributed by atoms with Gasteiger partial charge in [-0.25, -0.2) is 0 Å². The molecule has 0 aliphatic carbocycles. The summed E-state index contributed by atoms with van der Waals surface area (Å²) in [7, 11) is 0. The van der Waals surface area contributed by atoms with Crippen LogP contribution in [0.4, 0.5) is 0 Å². The summed E-state index contributed by atoms with van der Waals surface area (Å²) in [5.41, 5.74) is 0. The Kier molecular flexibility index (Phi) is 43.2. The first-order valence-corrected chi connectivity index (χ1v) is 6.15. The fraction of sp³-hybridized carbons (Fsp3) is 0.833. The summed E-state index contributed by atoms with van der Waals surface area (Å²) < 4.78 is 0. The van der Waals surface area contributed by atoms with E-state index in [1.807, 2.05) is 27.7 Å². The van der Waals surface area contributed by atoms with Crippen LogP contribution in [-0.2, 0) is 35.8 Å². The Morgan fingerprint density at radius 3 is 1.16 bits per heavy atom. The van der Waals surface area contributed by atoms with Crippen molar-refractivity contribution >= 4 is 11.8 Å². The molecule has 2 N–H and O–H groups in total. The average Bonchev–Trinajstić information content (AvgIpc) is 2.20. The van der Waals surface area contributed by atoms with Crippen molar-refractivity contribution in [1.29, 1.82) is 0 Å². The molecule has 0 spiro atoms. The van der Waals surface area contributed by atoms with E-state index in [1.54, 1.807) is 0 Å². The van der Waals surface area contributed by atoms with Gasteiger partial charge in [-0.1, -0.05) is 13.8 Å². The van der Waals surface area contributed by atoms with Crippen molar-refractivity contribution in [2.24, 2.45) is 0 Å². The SMILES string of the molecule is CCCC(=O)NCC.CCCC(=O)NCC.[F-].[F-].[Zr+2]. The first kappa shape index (κ1) is 31.2. The van der Waals surface area contributed by atoms with E-state index in [-0.39, 0.29) is 47.4 Å². The second-order valence-electron chi connectivity index (χ2n) is 3.41. The summed E-state index contributed by atoms with van der Waals surface area (Å²) in [6, 6.07) is 0. The maximum atomic E-state index is 10.5. The summed E-state index contributed by atoms with van der Waals surface area (Å²) in [6.45, 7) is 9.34. The first-order valence-electron chi connectivity index (χ1n) is 6.15. The van der Waals surface area contributed by atoms with Gasteiger partial charge in [-0.05, 0) is 26.7 Å². The third-order valence-corrected chi connectivity index (χ3v) is 1.70. The number of carbonyl (C=O) groups is 2. The van der Waals surface area contributed by atoms with E-state index in [0.717, 1.165) is 25.9 Å². The molecule has 0 fully saturated rings. The second kappa shape index (κ2) is 26.3. The first-order chi connectivity index (χ1) is 7.62. The molecule has 0 saturated heterocycles. The monoisotopic (exact) mass is 358 g/mol. The van der Waals surface area contributed by atoms with Crippen molar-refractivity contribution in [3.05, 3.63) is 0 Å². The molecule has 0 rings (SSSR count). The fourth-order valence-electron chi connectivity index (χ4n) is 1.03.